The molecule has 0 fully saturated rings. The van der Waals surface area contributed by atoms with Gasteiger partial charge >= 0.3 is 0 Å². The van der Waals surface area contributed by atoms with E-state index in [-0.39, 0.29) is 11.8 Å². The van der Waals surface area contributed by atoms with Gasteiger partial charge in [0.1, 0.15) is 6.04 Å². The molecule has 1 N–H and O–H groups in total. The van der Waals surface area contributed by atoms with Crippen molar-refractivity contribution < 1.29 is 9.59 Å². The van der Waals surface area contributed by atoms with Crippen LogP contribution < -0.4 is 5.32 Å². The topological polar surface area (TPSA) is 49.4 Å². The van der Waals surface area contributed by atoms with Gasteiger partial charge in [0.25, 0.3) is 0 Å². The molecule has 4 nitrogen and oxygen atoms in total. The van der Waals surface area contributed by atoms with Crippen LogP contribution in [0.2, 0.25) is 0 Å². The summed E-state index contributed by atoms with van der Waals surface area (Å²) in [4.78, 5) is 28.8. The molecule has 3 aromatic rings. The average molecular weight is 503 g/mol. The summed E-state index contributed by atoms with van der Waals surface area (Å²) >= 11 is 1.60. The van der Waals surface area contributed by atoms with Crippen LogP contribution in [0.15, 0.2) is 72.8 Å². The molecule has 0 aromatic heterocycles. The highest BCUT2D eigenvalue weighted by molar-refractivity contribution is 7.99. The number of hydrogen-bond donors (Lipinski definition) is 1. The molecule has 0 aliphatic heterocycles. The van der Waals surface area contributed by atoms with E-state index in [4.69, 9.17) is 0 Å². The fourth-order valence-electron chi connectivity index (χ4n) is 4.42. The van der Waals surface area contributed by atoms with E-state index in [0.717, 1.165) is 28.9 Å². The predicted octanol–water partition coefficient (Wildman–Crippen LogP) is 6.01. The Morgan fingerprint density at radius 3 is 2.17 bits per heavy atom. The number of amides is 2. The van der Waals surface area contributed by atoms with Gasteiger partial charge in [-0.05, 0) is 43.9 Å². The van der Waals surface area contributed by atoms with Crippen LogP contribution in [0.1, 0.15) is 46.7 Å². The molecule has 0 aliphatic carbocycles. The standard InChI is InChI=1S/C31H38N2O2S/c1-5-14-32-31(35)29(19-26-11-7-6-8-12-26)33(20-27-13-9-10-23(2)16-27)30(34)22-36-21-28-17-24(3)15-25(4)18-28/h6-13,15-18,29H,5,14,19-22H2,1-4H3,(H,32,35)/t29-/m0/s1. The molecule has 3 rings (SSSR count). The first kappa shape index (κ1) is 27.5. The van der Waals surface area contributed by atoms with Gasteiger partial charge in [-0.25, -0.2) is 0 Å². The molecule has 0 aliphatic rings. The summed E-state index contributed by atoms with van der Waals surface area (Å²) in [5, 5.41) is 3.04. The summed E-state index contributed by atoms with van der Waals surface area (Å²) in [6.45, 7) is 9.27. The number of benzene rings is 3. The Kier molecular flexibility index (Phi) is 10.6. The van der Waals surface area contributed by atoms with E-state index in [9.17, 15) is 9.59 Å². The predicted molar refractivity (Wildman–Crippen MR) is 151 cm³/mol. The number of carbonyl (C=O) groups is 2. The highest BCUT2D eigenvalue weighted by Crippen LogP contribution is 2.20. The van der Waals surface area contributed by atoms with Crippen LogP contribution in [-0.4, -0.2) is 35.1 Å². The van der Waals surface area contributed by atoms with Crippen LogP contribution in [0.25, 0.3) is 0 Å². The minimum atomic E-state index is -0.575. The normalized spacial score (nSPS) is 11.7. The van der Waals surface area contributed by atoms with E-state index in [1.165, 1.54) is 16.7 Å². The van der Waals surface area contributed by atoms with Gasteiger partial charge < -0.3 is 10.2 Å². The highest BCUT2D eigenvalue weighted by atomic mass is 32.2. The molecule has 0 radical (unpaired) electrons. The first-order valence-corrected chi connectivity index (χ1v) is 13.8. The molecule has 0 spiro atoms. The summed E-state index contributed by atoms with van der Waals surface area (Å²) in [6, 6.07) is 24.0. The van der Waals surface area contributed by atoms with Crippen LogP contribution in [0.5, 0.6) is 0 Å². The Hall–Kier alpha value is -3.05. The van der Waals surface area contributed by atoms with Crippen LogP contribution >= 0.6 is 11.8 Å². The van der Waals surface area contributed by atoms with E-state index >= 15 is 0 Å². The molecule has 5 heteroatoms. The van der Waals surface area contributed by atoms with Crippen LogP contribution in [0.4, 0.5) is 0 Å². The van der Waals surface area contributed by atoms with Gasteiger partial charge in [0.05, 0.1) is 5.75 Å². The summed E-state index contributed by atoms with van der Waals surface area (Å²) in [7, 11) is 0. The molecule has 3 aromatic carbocycles. The largest absolute Gasteiger partial charge is 0.354 e. The lowest BCUT2D eigenvalue weighted by Crippen LogP contribution is -2.51. The average Bonchev–Trinajstić information content (AvgIpc) is 2.84. The maximum absolute atomic E-state index is 13.7. The zero-order valence-corrected chi connectivity index (χ0v) is 22.7. The van der Waals surface area contributed by atoms with Crippen molar-refractivity contribution in [1.82, 2.24) is 10.2 Å². The Morgan fingerprint density at radius 1 is 0.833 bits per heavy atom. The Morgan fingerprint density at radius 2 is 1.50 bits per heavy atom. The SMILES string of the molecule is CCCNC(=O)[C@H](Cc1ccccc1)N(Cc1cccc(C)c1)C(=O)CSCc1cc(C)cc(C)c1. The highest BCUT2D eigenvalue weighted by Gasteiger charge is 2.30. The van der Waals surface area contributed by atoms with Gasteiger partial charge in [-0.2, -0.15) is 0 Å². The molecular weight excluding hydrogens is 464 g/mol. The Bertz CT molecular complexity index is 1130. The maximum Gasteiger partial charge on any atom is 0.243 e. The van der Waals surface area contributed by atoms with E-state index in [1.807, 2.05) is 62.4 Å². The summed E-state index contributed by atoms with van der Waals surface area (Å²) in [5.41, 5.74) is 6.89. The van der Waals surface area contributed by atoms with E-state index < -0.39 is 6.04 Å². The van der Waals surface area contributed by atoms with Gasteiger partial charge in [-0.15, -0.1) is 11.8 Å². The van der Waals surface area contributed by atoms with Gasteiger partial charge in [-0.1, -0.05) is 96.4 Å². The number of thioether (sulfide) groups is 1. The Balaban J connectivity index is 1.83. The molecule has 0 unspecified atom stereocenters. The second-order valence-electron chi connectivity index (χ2n) is 9.50. The molecule has 1 atom stereocenters. The van der Waals surface area contributed by atoms with Crippen molar-refractivity contribution in [2.75, 3.05) is 12.3 Å². The number of rotatable bonds is 12. The third-order valence-corrected chi connectivity index (χ3v) is 7.02. The first-order valence-electron chi connectivity index (χ1n) is 12.7. The van der Waals surface area contributed by atoms with Crippen molar-refractivity contribution in [3.05, 3.63) is 106 Å². The maximum atomic E-state index is 13.7. The van der Waals surface area contributed by atoms with Gasteiger partial charge in [0.15, 0.2) is 0 Å². The minimum Gasteiger partial charge on any atom is -0.354 e. The van der Waals surface area contributed by atoms with Crippen LogP contribution in [0, 0.1) is 20.8 Å². The number of hydrogen-bond acceptors (Lipinski definition) is 3. The van der Waals surface area contributed by atoms with Crippen molar-refractivity contribution in [1.29, 1.82) is 0 Å². The van der Waals surface area contributed by atoms with Gasteiger partial charge in [0, 0.05) is 25.3 Å². The van der Waals surface area contributed by atoms with Crippen molar-refractivity contribution in [2.45, 2.75) is 58.9 Å². The van der Waals surface area contributed by atoms with Crippen LogP contribution in [-0.2, 0) is 28.3 Å². The summed E-state index contributed by atoms with van der Waals surface area (Å²) in [5.74, 6) is 0.975. The smallest absolute Gasteiger partial charge is 0.243 e. The van der Waals surface area contributed by atoms with Crippen molar-refractivity contribution >= 4 is 23.6 Å². The first-order chi connectivity index (χ1) is 17.4. The monoisotopic (exact) mass is 502 g/mol. The molecule has 36 heavy (non-hydrogen) atoms. The number of carbonyl (C=O) groups excluding carboxylic acids is 2. The van der Waals surface area contributed by atoms with Crippen molar-refractivity contribution in [3.8, 4) is 0 Å². The second kappa shape index (κ2) is 13.9. The lowest BCUT2D eigenvalue weighted by Gasteiger charge is -2.31. The fourth-order valence-corrected chi connectivity index (χ4v) is 5.26. The number of aryl methyl sites for hydroxylation is 3. The second-order valence-corrected chi connectivity index (χ2v) is 10.5. The fraction of sp³-hybridized carbons (Fsp3) is 0.355. The Labute approximate surface area is 220 Å². The lowest BCUT2D eigenvalue weighted by atomic mass is 10.0. The van der Waals surface area contributed by atoms with Crippen molar-refractivity contribution in [3.63, 3.8) is 0 Å². The quantitative estimate of drug-likeness (QED) is 0.330. The zero-order valence-electron chi connectivity index (χ0n) is 21.9. The molecule has 0 saturated carbocycles. The molecular formula is C31H38N2O2S. The third-order valence-electron chi connectivity index (χ3n) is 6.03. The van der Waals surface area contributed by atoms with Gasteiger partial charge in [0.2, 0.25) is 11.8 Å². The molecule has 2 amide bonds. The van der Waals surface area contributed by atoms with E-state index in [2.05, 4.69) is 43.4 Å². The third kappa shape index (κ3) is 8.56. The number of nitrogens with zero attached hydrogens (tertiary/aromatic N) is 1. The van der Waals surface area contributed by atoms with E-state index in [1.54, 1.807) is 16.7 Å². The molecule has 190 valence electrons. The molecule has 0 heterocycles. The van der Waals surface area contributed by atoms with Crippen LogP contribution in [0.3, 0.4) is 0 Å². The summed E-state index contributed by atoms with van der Waals surface area (Å²) in [6.07, 6.45) is 1.33. The van der Waals surface area contributed by atoms with E-state index in [0.29, 0.717) is 25.3 Å². The molecule has 0 saturated heterocycles. The minimum absolute atomic E-state index is 0.0153. The van der Waals surface area contributed by atoms with Gasteiger partial charge in [-0.3, -0.25) is 9.59 Å². The van der Waals surface area contributed by atoms with Crippen molar-refractivity contribution in [2.24, 2.45) is 0 Å². The number of nitrogens with one attached hydrogen (secondary N) is 1. The zero-order chi connectivity index (χ0) is 25.9. The lowest BCUT2D eigenvalue weighted by molar-refractivity contribution is -0.139. The summed E-state index contributed by atoms with van der Waals surface area (Å²) < 4.78 is 0. The molecule has 0 bridgehead atoms.